The van der Waals surface area contributed by atoms with Crippen molar-refractivity contribution in [2.24, 2.45) is 10.9 Å². The van der Waals surface area contributed by atoms with Gasteiger partial charge in [0.15, 0.2) is 5.96 Å². The van der Waals surface area contributed by atoms with Crippen molar-refractivity contribution < 1.29 is 0 Å². The lowest BCUT2D eigenvalue weighted by atomic mass is 10.1. The van der Waals surface area contributed by atoms with Gasteiger partial charge in [-0.1, -0.05) is 44.2 Å². The normalized spacial score (nSPS) is 13.5. The monoisotopic (exact) mass is 304 g/mol. The Bertz CT molecular complexity index is 426. The molecule has 0 spiro atoms. The second kappa shape index (κ2) is 10.2. The van der Waals surface area contributed by atoms with E-state index in [0.29, 0.717) is 12.0 Å². The van der Waals surface area contributed by atoms with Crippen LogP contribution in [0.15, 0.2) is 35.3 Å². The summed E-state index contributed by atoms with van der Waals surface area (Å²) in [6, 6.07) is 11.1. The minimum Gasteiger partial charge on any atom is -0.356 e. The molecule has 0 saturated heterocycles. The van der Waals surface area contributed by atoms with Gasteiger partial charge in [0.05, 0.1) is 0 Å². The van der Waals surface area contributed by atoms with Crippen LogP contribution in [-0.4, -0.2) is 51.1 Å². The van der Waals surface area contributed by atoms with E-state index >= 15 is 0 Å². The maximum atomic E-state index is 4.30. The summed E-state index contributed by atoms with van der Waals surface area (Å²) in [6.07, 6.45) is 2.19. The predicted octanol–water partition coefficient (Wildman–Crippen LogP) is 2.37. The van der Waals surface area contributed by atoms with Crippen LogP contribution in [0.1, 0.15) is 25.8 Å². The molecule has 4 heteroatoms. The number of hydrogen-bond donors (Lipinski definition) is 2. The molecule has 1 rings (SSSR count). The maximum Gasteiger partial charge on any atom is 0.191 e. The van der Waals surface area contributed by atoms with Gasteiger partial charge in [0.25, 0.3) is 0 Å². The summed E-state index contributed by atoms with van der Waals surface area (Å²) in [7, 11) is 6.08. The fraction of sp³-hybridized carbons (Fsp3) is 0.611. The summed E-state index contributed by atoms with van der Waals surface area (Å²) in [5, 5.41) is 6.82. The molecule has 0 radical (unpaired) electrons. The average molecular weight is 304 g/mol. The van der Waals surface area contributed by atoms with E-state index in [1.807, 2.05) is 7.05 Å². The van der Waals surface area contributed by atoms with Crippen LogP contribution in [-0.2, 0) is 6.42 Å². The number of rotatable bonds is 8. The van der Waals surface area contributed by atoms with Crippen LogP contribution in [0.3, 0.4) is 0 Å². The summed E-state index contributed by atoms with van der Waals surface area (Å²) in [5.74, 6) is 1.60. The first-order chi connectivity index (χ1) is 10.5. The number of likely N-dealkylation sites (N-methyl/N-ethyl adjacent to an activating group) is 1. The lowest BCUT2D eigenvalue weighted by Gasteiger charge is -2.26. The molecule has 0 bridgehead atoms. The van der Waals surface area contributed by atoms with Crippen molar-refractivity contribution in [3.8, 4) is 0 Å². The molecule has 0 aliphatic carbocycles. The van der Waals surface area contributed by atoms with E-state index < -0.39 is 0 Å². The van der Waals surface area contributed by atoms with Gasteiger partial charge >= 0.3 is 0 Å². The van der Waals surface area contributed by atoms with Crippen LogP contribution in [0.5, 0.6) is 0 Å². The van der Waals surface area contributed by atoms with E-state index in [9.17, 15) is 0 Å². The fourth-order valence-corrected chi connectivity index (χ4v) is 2.24. The van der Waals surface area contributed by atoms with Crippen molar-refractivity contribution in [2.75, 3.05) is 34.2 Å². The first-order valence-electron chi connectivity index (χ1n) is 8.17. The van der Waals surface area contributed by atoms with Crippen molar-refractivity contribution >= 4 is 5.96 Å². The third-order valence-corrected chi connectivity index (χ3v) is 3.79. The number of benzene rings is 1. The second-order valence-electron chi connectivity index (χ2n) is 6.37. The summed E-state index contributed by atoms with van der Waals surface area (Å²) >= 11 is 0. The first kappa shape index (κ1) is 18.5. The van der Waals surface area contributed by atoms with Crippen molar-refractivity contribution in [3.05, 3.63) is 35.9 Å². The predicted molar refractivity (Wildman–Crippen MR) is 96.4 cm³/mol. The quantitative estimate of drug-likeness (QED) is 0.572. The molecule has 4 nitrogen and oxygen atoms in total. The largest absolute Gasteiger partial charge is 0.356 e. The zero-order chi connectivity index (χ0) is 16.4. The Morgan fingerprint density at radius 2 is 1.82 bits per heavy atom. The molecule has 0 heterocycles. The summed E-state index contributed by atoms with van der Waals surface area (Å²) in [6.45, 7) is 6.31. The Labute approximate surface area is 136 Å². The highest BCUT2D eigenvalue weighted by Gasteiger charge is 2.12. The van der Waals surface area contributed by atoms with Crippen LogP contribution < -0.4 is 10.6 Å². The van der Waals surface area contributed by atoms with Crippen LogP contribution in [0.4, 0.5) is 0 Å². The number of nitrogens with one attached hydrogen (secondary N) is 2. The van der Waals surface area contributed by atoms with Gasteiger partial charge < -0.3 is 15.5 Å². The third-order valence-electron chi connectivity index (χ3n) is 3.79. The molecule has 2 N–H and O–H groups in total. The molecular weight excluding hydrogens is 272 g/mol. The van der Waals surface area contributed by atoms with E-state index in [4.69, 9.17) is 0 Å². The zero-order valence-electron chi connectivity index (χ0n) is 14.8. The minimum atomic E-state index is 0.436. The fourth-order valence-electron chi connectivity index (χ4n) is 2.24. The smallest absolute Gasteiger partial charge is 0.191 e. The third kappa shape index (κ3) is 7.46. The van der Waals surface area contributed by atoms with E-state index in [0.717, 1.165) is 31.9 Å². The van der Waals surface area contributed by atoms with Gasteiger partial charge in [-0.05, 0) is 38.4 Å². The summed E-state index contributed by atoms with van der Waals surface area (Å²) in [4.78, 5) is 6.56. The highest BCUT2D eigenvalue weighted by Crippen LogP contribution is 2.06. The van der Waals surface area contributed by atoms with Crippen molar-refractivity contribution in [3.63, 3.8) is 0 Å². The molecule has 0 aliphatic heterocycles. The number of hydrogen-bond acceptors (Lipinski definition) is 2. The molecular formula is C18H32N4. The van der Waals surface area contributed by atoms with Crippen molar-refractivity contribution in [1.82, 2.24) is 15.5 Å². The highest BCUT2D eigenvalue weighted by atomic mass is 15.2. The molecule has 0 amide bonds. The molecule has 0 saturated carbocycles. The van der Waals surface area contributed by atoms with Crippen LogP contribution in [0.2, 0.25) is 0 Å². The van der Waals surface area contributed by atoms with Gasteiger partial charge in [-0.25, -0.2) is 0 Å². The summed E-state index contributed by atoms with van der Waals surface area (Å²) < 4.78 is 0. The lowest BCUT2D eigenvalue weighted by Crippen LogP contribution is -2.46. The number of aliphatic imine (C=N–C) groups is 1. The Morgan fingerprint density at radius 3 is 2.36 bits per heavy atom. The summed E-state index contributed by atoms with van der Waals surface area (Å²) in [5.41, 5.74) is 1.37. The second-order valence-corrected chi connectivity index (χ2v) is 6.37. The van der Waals surface area contributed by atoms with Crippen LogP contribution in [0.25, 0.3) is 0 Å². The number of guanidine groups is 1. The van der Waals surface area contributed by atoms with Gasteiger partial charge in [-0.15, -0.1) is 0 Å². The maximum absolute atomic E-state index is 4.30. The van der Waals surface area contributed by atoms with Crippen molar-refractivity contribution in [2.45, 2.75) is 32.7 Å². The molecule has 1 aromatic carbocycles. The lowest BCUT2D eigenvalue weighted by molar-refractivity contribution is 0.290. The molecule has 0 fully saturated rings. The van der Waals surface area contributed by atoms with Gasteiger partial charge in [-0.2, -0.15) is 0 Å². The minimum absolute atomic E-state index is 0.436. The van der Waals surface area contributed by atoms with Crippen molar-refractivity contribution in [1.29, 1.82) is 0 Å². The molecule has 1 unspecified atom stereocenters. The Hall–Kier alpha value is -1.55. The van der Waals surface area contributed by atoms with Gasteiger partial charge in [0.1, 0.15) is 0 Å². The average Bonchev–Trinajstić information content (AvgIpc) is 2.49. The Kier molecular flexibility index (Phi) is 8.60. The first-order valence-corrected chi connectivity index (χ1v) is 8.17. The van der Waals surface area contributed by atoms with Gasteiger partial charge in [0.2, 0.25) is 0 Å². The van der Waals surface area contributed by atoms with E-state index in [1.54, 1.807) is 0 Å². The standard InChI is InChI=1S/C18H32N4/c1-15(2)11-12-20-18(19-3)21-14-17(22(4)5)13-16-9-7-6-8-10-16/h6-10,15,17H,11-14H2,1-5H3,(H2,19,20,21). The van der Waals surface area contributed by atoms with E-state index in [2.05, 4.69) is 78.8 Å². The topological polar surface area (TPSA) is 39.7 Å². The van der Waals surface area contributed by atoms with Gasteiger partial charge in [-0.3, -0.25) is 4.99 Å². The molecule has 124 valence electrons. The van der Waals surface area contributed by atoms with E-state index in [-0.39, 0.29) is 0 Å². The molecule has 0 aliphatic rings. The zero-order valence-corrected chi connectivity index (χ0v) is 14.8. The van der Waals surface area contributed by atoms with Crippen LogP contribution >= 0.6 is 0 Å². The number of nitrogens with zero attached hydrogens (tertiary/aromatic N) is 2. The Morgan fingerprint density at radius 1 is 1.14 bits per heavy atom. The molecule has 1 aromatic rings. The molecule has 1 atom stereocenters. The molecule has 0 aromatic heterocycles. The van der Waals surface area contributed by atoms with Gasteiger partial charge in [0, 0.05) is 26.2 Å². The SMILES string of the molecule is CN=C(NCCC(C)C)NCC(Cc1ccccc1)N(C)C. The Balaban J connectivity index is 2.46. The van der Waals surface area contributed by atoms with Crippen LogP contribution in [0, 0.1) is 5.92 Å². The highest BCUT2D eigenvalue weighted by molar-refractivity contribution is 5.79. The molecule has 22 heavy (non-hydrogen) atoms. The van der Waals surface area contributed by atoms with E-state index in [1.165, 1.54) is 5.56 Å².